The quantitative estimate of drug-likeness (QED) is 0.125. The SMILES string of the molecule is Nc1ncnc2c1ncn2[C@@H]1O[C@H](COP(=O)(O)CP(=O)(O)OP(=O)(O)O)[C@@H](O)[C@H]1O.[Na].[Na].[Na]. The van der Waals surface area contributed by atoms with Crippen LogP contribution in [0.5, 0.6) is 0 Å². The van der Waals surface area contributed by atoms with Gasteiger partial charge < -0.3 is 44.8 Å². The molecule has 1 fully saturated rings. The van der Waals surface area contributed by atoms with Gasteiger partial charge in [0.05, 0.1) is 12.9 Å². The van der Waals surface area contributed by atoms with Crippen LogP contribution in [0.3, 0.4) is 0 Å². The predicted molar refractivity (Wildman–Crippen MR) is 117 cm³/mol. The molecular weight excluding hydrogens is 556 g/mol. The van der Waals surface area contributed by atoms with Gasteiger partial charge in [0.15, 0.2) is 23.6 Å². The van der Waals surface area contributed by atoms with Gasteiger partial charge in [-0.15, -0.1) is 0 Å². The summed E-state index contributed by atoms with van der Waals surface area (Å²) in [5.74, 6) is -1.58. The summed E-state index contributed by atoms with van der Waals surface area (Å²) in [6.45, 7) is -0.831. The van der Waals surface area contributed by atoms with Crippen molar-refractivity contribution < 1.29 is 57.1 Å². The van der Waals surface area contributed by atoms with Gasteiger partial charge in [-0.3, -0.25) is 13.7 Å². The van der Waals surface area contributed by atoms with Gasteiger partial charge in [0.2, 0.25) is 0 Å². The van der Waals surface area contributed by atoms with Gasteiger partial charge >= 0.3 is 23.0 Å². The smallest absolute Gasteiger partial charge is 0.387 e. The van der Waals surface area contributed by atoms with E-state index in [1.54, 1.807) is 0 Å². The zero-order chi connectivity index (χ0) is 23.2. The third kappa shape index (κ3) is 9.16. The van der Waals surface area contributed by atoms with E-state index in [1.165, 1.54) is 10.9 Å². The summed E-state index contributed by atoms with van der Waals surface area (Å²) in [4.78, 5) is 47.9. The minimum absolute atomic E-state index is 0. The monoisotopic (exact) mass is 574 g/mol. The van der Waals surface area contributed by atoms with Crippen LogP contribution in [0.1, 0.15) is 6.23 Å². The molecule has 17 nitrogen and oxygen atoms in total. The van der Waals surface area contributed by atoms with Crippen molar-refractivity contribution in [2.45, 2.75) is 24.5 Å². The van der Waals surface area contributed by atoms with Crippen LogP contribution in [0, 0.1) is 0 Å². The number of nitrogens with zero attached hydrogens (tertiary/aromatic N) is 4. The summed E-state index contributed by atoms with van der Waals surface area (Å²) in [5, 5.41) is 20.5. The Morgan fingerprint density at radius 1 is 1.00 bits per heavy atom. The molecule has 0 bridgehead atoms. The fraction of sp³-hybridized carbons (Fsp3) is 0.545. The van der Waals surface area contributed by atoms with E-state index in [4.69, 9.17) is 20.3 Å². The topological polar surface area (TPSA) is 270 Å². The van der Waals surface area contributed by atoms with E-state index < -0.39 is 60.1 Å². The Hall–Kier alpha value is 1.68. The zero-order valence-electron chi connectivity index (χ0n) is 18.2. The second-order valence-corrected chi connectivity index (χ2v) is 12.0. The molecule has 3 radical (unpaired) electrons. The fourth-order valence-corrected chi connectivity index (χ4v) is 7.32. The number of rotatable bonds is 8. The molecule has 2 aromatic heterocycles. The predicted octanol–water partition coefficient (Wildman–Crippen LogP) is -2.66. The Balaban J connectivity index is 0.00000363. The van der Waals surface area contributed by atoms with Crippen molar-refractivity contribution in [1.29, 1.82) is 0 Å². The Kier molecular flexibility index (Phi) is 14.3. The standard InChI is InChI=1S/C11H18N5O12P3.3Na/c12-9-6-10(14-2-13-9)16(3-15-6)11-8(18)7(17)5(27-11)1-26-29(19,20)4-30(21,22)28-31(23,24)25;;;/h2-3,5,7-8,11,17-18H,1,4H2,(H,19,20)(H,21,22)(H2,12,13,14)(H2,23,24,25);;;/t5-,7-,8-,11-;;;/m1.../s1. The number of hydrogen-bond acceptors (Lipinski definition) is 12. The molecule has 23 heteroatoms. The molecule has 2 unspecified atom stereocenters. The van der Waals surface area contributed by atoms with Crippen molar-refractivity contribution >= 4 is 129 Å². The van der Waals surface area contributed by atoms with Gasteiger partial charge in [0.25, 0.3) is 0 Å². The van der Waals surface area contributed by atoms with Gasteiger partial charge in [0, 0.05) is 88.7 Å². The number of hydrogen-bond donors (Lipinski definition) is 7. The maximum atomic E-state index is 12.0. The van der Waals surface area contributed by atoms with Crippen molar-refractivity contribution in [3.8, 4) is 0 Å². The third-order valence-corrected chi connectivity index (χ3v) is 9.31. The molecule has 1 saturated heterocycles. The number of nitrogens with two attached hydrogens (primary N) is 1. The van der Waals surface area contributed by atoms with Crippen molar-refractivity contribution in [1.82, 2.24) is 19.5 Å². The van der Waals surface area contributed by atoms with E-state index in [0.717, 1.165) is 6.33 Å². The summed E-state index contributed by atoms with van der Waals surface area (Å²) >= 11 is 0. The average Bonchev–Trinajstić information content (AvgIpc) is 3.13. The normalized spacial score (nSPS) is 25.9. The molecule has 8 N–H and O–H groups in total. The summed E-state index contributed by atoms with van der Waals surface area (Å²) in [5.41, 5.74) is 6.06. The first-order valence-corrected chi connectivity index (χ1v) is 13.2. The van der Waals surface area contributed by atoms with E-state index in [-0.39, 0.29) is 106 Å². The molecule has 1 aliphatic heterocycles. The molecule has 0 spiro atoms. The van der Waals surface area contributed by atoms with E-state index in [9.17, 15) is 33.7 Å². The number of ether oxygens (including phenoxy) is 1. The van der Waals surface area contributed by atoms with Crippen molar-refractivity contribution in [2.75, 3.05) is 18.2 Å². The molecule has 34 heavy (non-hydrogen) atoms. The van der Waals surface area contributed by atoms with Crippen LogP contribution in [0.15, 0.2) is 12.7 Å². The van der Waals surface area contributed by atoms with Crippen molar-refractivity contribution in [3.05, 3.63) is 12.7 Å². The number of aliphatic hydroxyl groups is 2. The molecule has 1 aliphatic rings. The molecule has 6 atom stereocenters. The number of nitrogen functional groups attached to an aromatic ring is 1. The Bertz CT molecular complexity index is 1120. The maximum absolute atomic E-state index is 12.0. The summed E-state index contributed by atoms with van der Waals surface area (Å²) in [7, 11) is -15.6. The largest absolute Gasteiger partial charge is 0.476 e. The second kappa shape index (κ2) is 13.7. The Morgan fingerprint density at radius 3 is 2.21 bits per heavy atom. The molecule has 2 aromatic rings. The van der Waals surface area contributed by atoms with Crippen LogP contribution in [-0.4, -0.2) is 169 Å². The number of phosphoric acid groups is 1. The molecule has 177 valence electrons. The van der Waals surface area contributed by atoms with Crippen LogP contribution >= 0.6 is 23.0 Å². The fourth-order valence-electron chi connectivity index (χ4n) is 2.80. The first kappa shape index (κ1) is 35.7. The van der Waals surface area contributed by atoms with E-state index in [0.29, 0.717) is 0 Å². The van der Waals surface area contributed by atoms with Crippen LogP contribution in [-0.2, 0) is 27.3 Å². The van der Waals surface area contributed by atoms with Crippen molar-refractivity contribution in [3.63, 3.8) is 0 Å². The number of fused-ring (bicyclic) bond motifs is 1. The van der Waals surface area contributed by atoms with E-state index in [2.05, 4.69) is 23.8 Å². The maximum Gasteiger partial charge on any atom is 0.476 e. The van der Waals surface area contributed by atoms with E-state index >= 15 is 0 Å². The van der Waals surface area contributed by atoms with Crippen LogP contribution in [0.2, 0.25) is 0 Å². The second-order valence-electron chi connectivity index (χ2n) is 6.41. The molecule has 0 aromatic carbocycles. The first-order valence-electron chi connectivity index (χ1n) is 8.19. The number of aliphatic hydroxyl groups excluding tert-OH is 2. The summed E-state index contributed by atoms with van der Waals surface area (Å²) in [6.07, 6.45) is -3.43. The Labute approximate surface area is 258 Å². The number of imidazole rings is 1. The van der Waals surface area contributed by atoms with Crippen LogP contribution < -0.4 is 5.73 Å². The molecular formula is C11H18N5Na3O12P3. The van der Waals surface area contributed by atoms with Gasteiger partial charge in [-0.2, -0.15) is 0 Å². The molecule has 0 amide bonds. The van der Waals surface area contributed by atoms with Crippen molar-refractivity contribution in [2.24, 2.45) is 0 Å². The first-order chi connectivity index (χ1) is 14.2. The summed E-state index contributed by atoms with van der Waals surface area (Å²) < 4.78 is 49.2. The number of anilines is 1. The average molecular weight is 574 g/mol. The van der Waals surface area contributed by atoms with Gasteiger partial charge in [-0.05, 0) is 0 Å². The van der Waals surface area contributed by atoms with Crippen LogP contribution in [0.25, 0.3) is 11.2 Å². The molecule has 0 aliphatic carbocycles. The Morgan fingerprint density at radius 2 is 1.62 bits per heavy atom. The summed E-state index contributed by atoms with van der Waals surface area (Å²) in [6, 6.07) is 0. The van der Waals surface area contributed by atoms with E-state index in [1.807, 2.05) is 0 Å². The van der Waals surface area contributed by atoms with Gasteiger partial charge in [-0.1, -0.05) is 0 Å². The molecule has 3 heterocycles. The zero-order valence-corrected chi connectivity index (χ0v) is 26.9. The number of aromatic nitrogens is 4. The van der Waals surface area contributed by atoms with Gasteiger partial charge in [0.1, 0.15) is 30.2 Å². The third-order valence-electron chi connectivity index (χ3n) is 4.03. The van der Waals surface area contributed by atoms with Crippen LogP contribution in [0.4, 0.5) is 5.82 Å². The van der Waals surface area contributed by atoms with Gasteiger partial charge in [-0.25, -0.2) is 23.8 Å². The molecule has 0 saturated carbocycles. The minimum atomic E-state index is -5.42. The minimum Gasteiger partial charge on any atom is -0.387 e. The molecule has 3 rings (SSSR count).